The van der Waals surface area contributed by atoms with Crippen LogP contribution in [0.15, 0.2) is 24.5 Å². The van der Waals surface area contributed by atoms with Crippen LogP contribution in [0.3, 0.4) is 0 Å². The molecule has 2 aliphatic rings. The number of carbonyl (C=O) groups is 1. The van der Waals surface area contributed by atoms with Crippen molar-refractivity contribution < 1.29 is 9.53 Å². The van der Waals surface area contributed by atoms with Gasteiger partial charge in [0.25, 0.3) is 0 Å². The van der Waals surface area contributed by atoms with Gasteiger partial charge in [0.2, 0.25) is 5.91 Å². The van der Waals surface area contributed by atoms with E-state index >= 15 is 0 Å². The second-order valence-electron chi connectivity index (χ2n) is 7.38. The van der Waals surface area contributed by atoms with Crippen molar-refractivity contribution >= 4 is 5.91 Å². The molecule has 0 bridgehead atoms. The highest BCUT2D eigenvalue weighted by molar-refractivity contribution is 5.80. The van der Waals surface area contributed by atoms with E-state index < -0.39 is 0 Å². The molecule has 1 amide bonds. The van der Waals surface area contributed by atoms with Crippen molar-refractivity contribution in [1.29, 1.82) is 0 Å². The largest absolute Gasteiger partial charge is 0.378 e. The van der Waals surface area contributed by atoms with E-state index in [-0.39, 0.29) is 11.8 Å². The summed E-state index contributed by atoms with van der Waals surface area (Å²) in [6, 6.07) is 4.09. The topological polar surface area (TPSA) is 45.7 Å². The first kappa shape index (κ1) is 17.4. The van der Waals surface area contributed by atoms with Crippen molar-refractivity contribution in [2.45, 2.75) is 26.2 Å². The van der Waals surface area contributed by atoms with Crippen molar-refractivity contribution in [2.24, 2.45) is 11.8 Å². The molecule has 1 unspecified atom stereocenters. The van der Waals surface area contributed by atoms with Gasteiger partial charge >= 0.3 is 0 Å². The summed E-state index contributed by atoms with van der Waals surface area (Å²) in [6.45, 7) is 10.2. The number of rotatable bonds is 5. The van der Waals surface area contributed by atoms with Crippen LogP contribution < -0.4 is 0 Å². The first-order valence-electron chi connectivity index (χ1n) is 9.14. The molecular weight excluding hydrogens is 302 g/mol. The van der Waals surface area contributed by atoms with Crippen molar-refractivity contribution in [3.63, 3.8) is 0 Å². The van der Waals surface area contributed by atoms with Gasteiger partial charge in [-0.05, 0) is 30.5 Å². The van der Waals surface area contributed by atoms with Crippen LogP contribution in [0.25, 0.3) is 0 Å². The summed E-state index contributed by atoms with van der Waals surface area (Å²) in [5.41, 5.74) is 1.19. The molecule has 3 heterocycles. The summed E-state index contributed by atoms with van der Waals surface area (Å²) >= 11 is 0. The van der Waals surface area contributed by atoms with Gasteiger partial charge in [-0.2, -0.15) is 0 Å². The Bertz CT molecular complexity index is 529. The van der Waals surface area contributed by atoms with E-state index in [1.165, 1.54) is 12.0 Å². The Morgan fingerprint density at radius 2 is 2.12 bits per heavy atom. The van der Waals surface area contributed by atoms with E-state index in [1.54, 1.807) is 6.20 Å². The van der Waals surface area contributed by atoms with Gasteiger partial charge < -0.3 is 14.5 Å². The quantitative estimate of drug-likeness (QED) is 0.828. The lowest BCUT2D eigenvalue weighted by atomic mass is 9.89. The molecule has 24 heavy (non-hydrogen) atoms. The van der Waals surface area contributed by atoms with Crippen LogP contribution in [0.5, 0.6) is 0 Å². The summed E-state index contributed by atoms with van der Waals surface area (Å²) in [7, 11) is 0. The molecule has 2 aliphatic heterocycles. The van der Waals surface area contributed by atoms with Gasteiger partial charge in [-0.15, -0.1) is 0 Å². The number of nitrogens with zero attached hydrogens (tertiary/aromatic N) is 3. The fraction of sp³-hybridized carbons (Fsp3) is 0.684. The fourth-order valence-electron chi connectivity index (χ4n) is 3.71. The van der Waals surface area contributed by atoms with Crippen LogP contribution in [0.2, 0.25) is 0 Å². The molecular formula is C19H29N3O2. The van der Waals surface area contributed by atoms with Gasteiger partial charge in [0.1, 0.15) is 0 Å². The first-order chi connectivity index (χ1) is 11.6. The molecule has 2 saturated heterocycles. The van der Waals surface area contributed by atoms with E-state index in [9.17, 15) is 4.79 Å². The van der Waals surface area contributed by atoms with Gasteiger partial charge in [-0.3, -0.25) is 9.78 Å². The first-order valence-corrected chi connectivity index (χ1v) is 9.14. The molecule has 0 aliphatic carbocycles. The summed E-state index contributed by atoms with van der Waals surface area (Å²) in [5.74, 6) is 1.27. The van der Waals surface area contributed by atoms with Gasteiger partial charge in [-0.1, -0.05) is 19.9 Å². The molecule has 0 spiro atoms. The third-order valence-corrected chi connectivity index (χ3v) is 5.17. The Kier molecular flexibility index (Phi) is 5.85. The summed E-state index contributed by atoms with van der Waals surface area (Å²) in [6.07, 6.45) is 4.90. The third kappa shape index (κ3) is 4.14. The fourth-order valence-corrected chi connectivity index (χ4v) is 3.71. The maximum Gasteiger partial charge on any atom is 0.227 e. The third-order valence-electron chi connectivity index (χ3n) is 5.17. The van der Waals surface area contributed by atoms with Crippen LogP contribution in [0, 0.1) is 11.8 Å². The molecule has 0 N–H and O–H groups in total. The number of hydrogen-bond donors (Lipinski definition) is 0. The second-order valence-corrected chi connectivity index (χ2v) is 7.38. The molecule has 0 aromatic carbocycles. The zero-order valence-corrected chi connectivity index (χ0v) is 14.9. The number of hydrogen-bond acceptors (Lipinski definition) is 4. The minimum atomic E-state index is 0.0412. The highest BCUT2D eigenvalue weighted by atomic mass is 16.5. The van der Waals surface area contributed by atoms with Crippen LogP contribution in [0.4, 0.5) is 0 Å². The van der Waals surface area contributed by atoms with Crippen molar-refractivity contribution in [2.75, 3.05) is 45.9 Å². The lowest BCUT2D eigenvalue weighted by Gasteiger charge is -2.31. The average molecular weight is 331 g/mol. The van der Waals surface area contributed by atoms with Crippen LogP contribution >= 0.6 is 0 Å². The molecule has 132 valence electrons. The standard InChI is InChI=1S/C19H29N3O2/c1-15(2)5-7-21-13-17(16-4-3-6-20-12-16)18(14-21)19(23)22-8-10-24-11-9-22/h3-4,6,12,15,17-18H,5,7-11,13-14H2,1-2H3/t17-,18?/m1/s1. The highest BCUT2D eigenvalue weighted by Crippen LogP contribution is 2.34. The van der Waals surface area contributed by atoms with Crippen LogP contribution in [0.1, 0.15) is 31.7 Å². The normalized spacial score (nSPS) is 25.4. The van der Waals surface area contributed by atoms with Crippen molar-refractivity contribution in [3.05, 3.63) is 30.1 Å². The van der Waals surface area contributed by atoms with E-state index in [4.69, 9.17) is 4.74 Å². The minimum Gasteiger partial charge on any atom is -0.378 e. The second kappa shape index (κ2) is 8.08. The Balaban J connectivity index is 1.73. The number of amides is 1. The summed E-state index contributed by atoms with van der Waals surface area (Å²) < 4.78 is 5.40. The molecule has 3 rings (SSSR count). The predicted octanol–water partition coefficient (Wildman–Crippen LogP) is 2.00. The monoisotopic (exact) mass is 331 g/mol. The zero-order valence-electron chi connectivity index (χ0n) is 14.9. The maximum atomic E-state index is 13.1. The Morgan fingerprint density at radius 3 is 2.79 bits per heavy atom. The lowest BCUT2D eigenvalue weighted by Crippen LogP contribution is -2.45. The SMILES string of the molecule is CC(C)CCN1CC(C(=O)N2CCOCC2)[C@@H](c2cccnc2)C1. The number of aromatic nitrogens is 1. The molecule has 2 atom stereocenters. The molecule has 1 aromatic heterocycles. The minimum absolute atomic E-state index is 0.0412. The zero-order chi connectivity index (χ0) is 16.9. The Labute approximate surface area is 145 Å². The summed E-state index contributed by atoms with van der Waals surface area (Å²) in [5, 5.41) is 0. The van der Waals surface area contributed by atoms with Crippen molar-refractivity contribution in [3.8, 4) is 0 Å². The number of pyridine rings is 1. The molecule has 5 nitrogen and oxygen atoms in total. The number of morpholine rings is 1. The van der Waals surface area contributed by atoms with Gasteiger partial charge in [0.15, 0.2) is 0 Å². The highest BCUT2D eigenvalue weighted by Gasteiger charge is 2.40. The predicted molar refractivity (Wildman–Crippen MR) is 93.8 cm³/mol. The Hall–Kier alpha value is -1.46. The van der Waals surface area contributed by atoms with Crippen molar-refractivity contribution in [1.82, 2.24) is 14.8 Å². The average Bonchev–Trinajstić information content (AvgIpc) is 3.05. The van der Waals surface area contributed by atoms with E-state index in [0.717, 1.165) is 32.7 Å². The number of ether oxygens (including phenoxy) is 1. The number of carbonyl (C=O) groups excluding carboxylic acids is 1. The van der Waals surface area contributed by atoms with Gasteiger partial charge in [0, 0.05) is 44.5 Å². The summed E-state index contributed by atoms with van der Waals surface area (Å²) in [4.78, 5) is 21.8. The molecule has 1 aromatic rings. The van der Waals surface area contributed by atoms with Crippen LogP contribution in [-0.2, 0) is 9.53 Å². The van der Waals surface area contributed by atoms with Crippen LogP contribution in [-0.4, -0.2) is 66.6 Å². The van der Waals surface area contributed by atoms with Gasteiger partial charge in [-0.25, -0.2) is 0 Å². The smallest absolute Gasteiger partial charge is 0.227 e. The maximum absolute atomic E-state index is 13.1. The molecule has 5 heteroatoms. The van der Waals surface area contributed by atoms with E-state index in [0.29, 0.717) is 25.0 Å². The van der Waals surface area contributed by atoms with E-state index in [2.05, 4.69) is 29.8 Å². The molecule has 0 saturated carbocycles. The lowest BCUT2D eigenvalue weighted by molar-refractivity contribution is -0.139. The van der Waals surface area contributed by atoms with E-state index in [1.807, 2.05) is 17.2 Å². The Morgan fingerprint density at radius 1 is 1.33 bits per heavy atom. The molecule has 0 radical (unpaired) electrons. The molecule has 2 fully saturated rings. The number of likely N-dealkylation sites (tertiary alicyclic amines) is 1. The van der Waals surface area contributed by atoms with Gasteiger partial charge in [0.05, 0.1) is 19.1 Å².